The van der Waals surface area contributed by atoms with Crippen LogP contribution in [0.1, 0.15) is 72.6 Å². The number of para-hydroxylation sites is 1. The van der Waals surface area contributed by atoms with Crippen molar-refractivity contribution < 1.29 is 0 Å². The van der Waals surface area contributed by atoms with Gasteiger partial charge >= 0.3 is 0 Å². The lowest BCUT2D eigenvalue weighted by atomic mass is 9.89. The van der Waals surface area contributed by atoms with Gasteiger partial charge in [0, 0.05) is 37.3 Å². The molecule has 0 radical (unpaired) electrons. The first kappa shape index (κ1) is 26.5. The quantitative estimate of drug-likeness (QED) is 0.197. The molecule has 2 aliphatic rings. The summed E-state index contributed by atoms with van der Waals surface area (Å²) in [5.74, 6) is 0.541. The zero-order chi connectivity index (χ0) is 28.6. The van der Waals surface area contributed by atoms with Crippen LogP contribution < -0.4 is 0 Å². The smallest absolute Gasteiger partial charge is 0.0991 e. The van der Waals surface area contributed by atoms with Crippen molar-refractivity contribution in [1.29, 1.82) is 5.26 Å². The Kier molecular flexibility index (Phi) is 7.02. The lowest BCUT2D eigenvalue weighted by Gasteiger charge is -2.17. The largest absolute Gasteiger partial charge is 0.309 e. The van der Waals surface area contributed by atoms with E-state index in [1.54, 1.807) is 0 Å². The molecule has 42 heavy (non-hydrogen) atoms. The molecule has 0 aliphatic heterocycles. The van der Waals surface area contributed by atoms with Gasteiger partial charge in [0.2, 0.25) is 0 Å². The summed E-state index contributed by atoms with van der Waals surface area (Å²) >= 11 is 1.87. The van der Waals surface area contributed by atoms with Crippen molar-refractivity contribution in [3.05, 3.63) is 124 Å². The van der Waals surface area contributed by atoms with Crippen LogP contribution in [0.2, 0.25) is 0 Å². The monoisotopic (exact) mass is 562 g/mol. The Labute approximate surface area is 251 Å². The van der Waals surface area contributed by atoms with Crippen molar-refractivity contribution >= 4 is 54.9 Å². The number of aromatic nitrogens is 1. The Hall–Kier alpha value is -4.39. The maximum Gasteiger partial charge on any atom is 0.0991 e. The van der Waals surface area contributed by atoms with Gasteiger partial charge in [-0.15, -0.1) is 11.3 Å². The van der Waals surface area contributed by atoms with E-state index >= 15 is 0 Å². The first-order valence-electron chi connectivity index (χ1n) is 15.2. The number of rotatable bonds is 3. The third-order valence-electron chi connectivity index (χ3n) is 8.75. The molecule has 0 amide bonds. The average molecular weight is 563 g/mol. The summed E-state index contributed by atoms with van der Waals surface area (Å²) in [5, 5.41) is 13.2. The van der Waals surface area contributed by atoms with Crippen LogP contribution in [-0.4, -0.2) is 4.57 Å². The predicted molar refractivity (Wildman–Crippen MR) is 181 cm³/mol. The molecule has 0 bridgehead atoms. The van der Waals surface area contributed by atoms with Crippen LogP contribution in [0.4, 0.5) is 0 Å². The van der Waals surface area contributed by atoms with Crippen LogP contribution in [-0.2, 0) is 6.42 Å². The maximum atomic E-state index is 9.45. The summed E-state index contributed by atoms with van der Waals surface area (Å²) in [6.45, 7) is 4.00. The predicted octanol–water partition coefficient (Wildman–Crippen LogP) is 11.2. The lowest BCUT2D eigenvalue weighted by Crippen LogP contribution is -2.00. The Bertz CT molecular complexity index is 2040. The van der Waals surface area contributed by atoms with Crippen LogP contribution in [0.3, 0.4) is 0 Å². The zero-order valence-corrected chi connectivity index (χ0v) is 25.0. The highest BCUT2D eigenvalue weighted by Crippen LogP contribution is 2.42. The zero-order valence-electron chi connectivity index (χ0n) is 24.2. The van der Waals surface area contributed by atoms with E-state index in [2.05, 4.69) is 108 Å². The van der Waals surface area contributed by atoms with Gasteiger partial charge in [-0.1, -0.05) is 62.4 Å². The van der Waals surface area contributed by atoms with E-state index in [-0.39, 0.29) is 0 Å². The first-order valence-corrected chi connectivity index (χ1v) is 16.1. The Morgan fingerprint density at radius 1 is 0.833 bits per heavy atom. The van der Waals surface area contributed by atoms with Gasteiger partial charge in [-0.2, -0.15) is 5.26 Å². The van der Waals surface area contributed by atoms with Crippen molar-refractivity contribution in [2.45, 2.75) is 51.9 Å². The standard InChI is InChI=1S/C37H28N2S.C2H6/c38-23-24-10-18-36-32(20-24)33-22-28(14-19-37(33)40-36)27-13-17-35-31(21-27)30-8-4-5-9-34(30)39(35)29-15-11-26(12-16-29)25-6-2-1-3-7-25;1-2/h2,4-6,8-13,15-18,20-22,25H,1,3,7,14,19H2;1-2H3. The number of aryl methyl sites for hydroxylation is 1. The molecule has 4 aromatic carbocycles. The van der Waals surface area contributed by atoms with Gasteiger partial charge in [-0.05, 0) is 109 Å². The fraction of sp³-hybridized carbons (Fsp3) is 0.205. The number of hydrogen-bond donors (Lipinski definition) is 0. The van der Waals surface area contributed by atoms with Gasteiger partial charge in [0.25, 0.3) is 0 Å². The third-order valence-corrected chi connectivity index (χ3v) is 10.00. The highest BCUT2D eigenvalue weighted by atomic mass is 32.1. The molecule has 0 fully saturated rings. The summed E-state index contributed by atoms with van der Waals surface area (Å²) in [6.07, 6.45) is 12.9. The summed E-state index contributed by atoms with van der Waals surface area (Å²) < 4.78 is 3.68. The van der Waals surface area contributed by atoms with Crippen LogP contribution in [0, 0.1) is 11.3 Å². The number of hydrogen-bond acceptors (Lipinski definition) is 2. The average Bonchev–Trinajstić information content (AvgIpc) is 3.60. The molecule has 6 aromatic rings. The van der Waals surface area contributed by atoms with E-state index in [4.69, 9.17) is 0 Å². The number of nitrogens with zero attached hydrogens (tertiary/aromatic N) is 2. The third kappa shape index (κ3) is 4.48. The number of allylic oxidation sites excluding steroid dienone is 3. The van der Waals surface area contributed by atoms with Crippen LogP contribution in [0.25, 0.3) is 49.2 Å². The van der Waals surface area contributed by atoms with E-state index in [1.165, 1.54) is 84.0 Å². The second kappa shape index (κ2) is 11.1. The van der Waals surface area contributed by atoms with E-state index in [9.17, 15) is 5.26 Å². The summed E-state index contributed by atoms with van der Waals surface area (Å²) in [6, 6.07) is 33.4. The van der Waals surface area contributed by atoms with Crippen LogP contribution in [0.5, 0.6) is 0 Å². The van der Waals surface area contributed by atoms with Gasteiger partial charge in [0.05, 0.1) is 22.7 Å². The van der Waals surface area contributed by atoms with Crippen LogP contribution in [0.15, 0.2) is 97.1 Å². The molecule has 8 rings (SSSR count). The molecule has 2 nitrogen and oxygen atoms in total. The normalized spacial score (nSPS) is 16.1. The SMILES string of the molecule is CC.N#Cc1ccc2sc3c(c2c1)C=C(c1ccc2c(c1)c1ccccc1n2-c1ccc(C2C=CCCC2)cc1)CC3. The minimum Gasteiger partial charge on any atom is -0.309 e. The van der Waals surface area contributed by atoms with E-state index in [1.807, 2.05) is 31.3 Å². The Balaban J connectivity index is 0.00000141. The molecule has 0 saturated carbocycles. The molecule has 2 aliphatic carbocycles. The topological polar surface area (TPSA) is 28.7 Å². The molecule has 0 N–H and O–H groups in total. The van der Waals surface area contributed by atoms with Crippen molar-refractivity contribution in [3.63, 3.8) is 0 Å². The second-order valence-electron chi connectivity index (χ2n) is 11.1. The Morgan fingerprint density at radius 3 is 2.48 bits per heavy atom. The number of benzene rings is 4. The summed E-state index contributed by atoms with van der Waals surface area (Å²) in [5.41, 5.74) is 9.80. The maximum absolute atomic E-state index is 9.45. The number of thiophene rings is 1. The lowest BCUT2D eigenvalue weighted by molar-refractivity contribution is 0.654. The van der Waals surface area contributed by atoms with Gasteiger partial charge < -0.3 is 4.57 Å². The molecule has 2 aromatic heterocycles. The molecule has 2 heterocycles. The first-order chi connectivity index (χ1) is 20.8. The van der Waals surface area contributed by atoms with Crippen molar-refractivity contribution in [3.8, 4) is 11.8 Å². The molecule has 3 heteroatoms. The van der Waals surface area contributed by atoms with Gasteiger partial charge in [-0.25, -0.2) is 0 Å². The van der Waals surface area contributed by atoms with Crippen LogP contribution >= 0.6 is 11.3 Å². The van der Waals surface area contributed by atoms with Gasteiger partial charge in [-0.3, -0.25) is 0 Å². The molecular formula is C39H34N2S. The number of nitriles is 1. The summed E-state index contributed by atoms with van der Waals surface area (Å²) in [7, 11) is 0. The van der Waals surface area contributed by atoms with E-state index in [0.717, 1.165) is 18.4 Å². The fourth-order valence-corrected chi connectivity index (χ4v) is 7.88. The molecular weight excluding hydrogens is 529 g/mol. The molecule has 0 saturated heterocycles. The van der Waals surface area contributed by atoms with E-state index < -0.39 is 0 Å². The van der Waals surface area contributed by atoms with Gasteiger partial charge in [0.1, 0.15) is 0 Å². The second-order valence-corrected chi connectivity index (χ2v) is 12.2. The highest BCUT2D eigenvalue weighted by molar-refractivity contribution is 7.19. The molecule has 206 valence electrons. The molecule has 0 spiro atoms. The summed E-state index contributed by atoms with van der Waals surface area (Å²) in [4.78, 5) is 1.43. The molecule has 1 unspecified atom stereocenters. The molecule has 1 atom stereocenters. The van der Waals surface area contributed by atoms with E-state index in [0.29, 0.717) is 5.92 Å². The minimum absolute atomic E-state index is 0.541. The highest BCUT2D eigenvalue weighted by Gasteiger charge is 2.20. The minimum atomic E-state index is 0.541. The van der Waals surface area contributed by atoms with Crippen molar-refractivity contribution in [2.75, 3.05) is 0 Å². The number of fused-ring (bicyclic) bond motifs is 6. The Morgan fingerprint density at radius 2 is 1.67 bits per heavy atom. The van der Waals surface area contributed by atoms with Gasteiger partial charge in [0.15, 0.2) is 0 Å². The van der Waals surface area contributed by atoms with Crippen molar-refractivity contribution in [2.24, 2.45) is 0 Å². The fourth-order valence-electron chi connectivity index (χ4n) is 6.71. The van der Waals surface area contributed by atoms with Crippen molar-refractivity contribution in [1.82, 2.24) is 4.57 Å².